The van der Waals surface area contributed by atoms with Crippen LogP contribution in [0.4, 0.5) is 4.39 Å². The summed E-state index contributed by atoms with van der Waals surface area (Å²) in [7, 11) is 0. The molecule has 27 heavy (non-hydrogen) atoms. The van der Waals surface area contributed by atoms with Crippen LogP contribution in [0.25, 0.3) is 16.0 Å². The number of thioether (sulfide) groups is 1. The van der Waals surface area contributed by atoms with Crippen LogP contribution in [-0.4, -0.2) is 24.1 Å². The number of benzene rings is 1. The van der Waals surface area contributed by atoms with Gasteiger partial charge in [-0.3, -0.25) is 14.2 Å². The van der Waals surface area contributed by atoms with Crippen LogP contribution in [0.3, 0.4) is 0 Å². The predicted molar refractivity (Wildman–Crippen MR) is 102 cm³/mol. The van der Waals surface area contributed by atoms with Crippen molar-refractivity contribution in [3.8, 4) is 5.69 Å². The van der Waals surface area contributed by atoms with Gasteiger partial charge in [-0.2, -0.15) is 0 Å². The van der Waals surface area contributed by atoms with Crippen molar-refractivity contribution in [2.24, 2.45) is 0 Å². The second-order valence-electron chi connectivity index (χ2n) is 5.41. The van der Waals surface area contributed by atoms with Crippen LogP contribution < -0.4 is 11.1 Å². The number of hydrogen-bond donors (Lipinski definition) is 1. The minimum Gasteiger partial charge on any atom is -0.324 e. The zero-order valence-electron chi connectivity index (χ0n) is 13.3. The number of hydrogen-bond acceptors (Lipinski definition) is 7. The maximum atomic E-state index is 13.7. The molecule has 1 N–H and O–H groups in total. The molecule has 0 fully saturated rings. The smallest absolute Gasteiger partial charge is 0.284 e. The molecule has 0 spiro atoms. The highest BCUT2D eigenvalue weighted by Crippen LogP contribution is 2.25. The highest BCUT2D eigenvalue weighted by molar-refractivity contribution is 7.98. The van der Waals surface area contributed by atoms with Crippen molar-refractivity contribution in [3.05, 3.63) is 73.6 Å². The average molecular weight is 422 g/mol. The number of rotatable bonds is 4. The van der Waals surface area contributed by atoms with E-state index >= 15 is 0 Å². The van der Waals surface area contributed by atoms with Gasteiger partial charge in [-0.15, -0.1) is 5.10 Å². The Bertz CT molecular complexity index is 1250. The minimum absolute atomic E-state index is 0.165. The maximum absolute atomic E-state index is 13.7. The van der Waals surface area contributed by atoms with Crippen LogP contribution in [-0.2, 0) is 5.75 Å². The molecule has 3 heterocycles. The molecular weight excluding hydrogens is 413 g/mol. The molecule has 0 atom stereocenters. The van der Waals surface area contributed by atoms with E-state index in [4.69, 9.17) is 11.6 Å². The number of pyridine rings is 1. The molecule has 0 aliphatic heterocycles. The number of fused-ring (bicyclic) bond motifs is 1. The quantitative estimate of drug-likeness (QED) is 0.402. The molecule has 4 rings (SSSR count). The molecule has 3 aromatic heterocycles. The van der Waals surface area contributed by atoms with Crippen LogP contribution in [0.15, 0.2) is 51.3 Å². The zero-order valence-corrected chi connectivity index (χ0v) is 15.7. The van der Waals surface area contributed by atoms with Crippen molar-refractivity contribution in [2.75, 3.05) is 0 Å². The van der Waals surface area contributed by atoms with Crippen LogP contribution in [0.2, 0.25) is 5.02 Å². The third kappa shape index (κ3) is 3.51. The summed E-state index contributed by atoms with van der Waals surface area (Å²) in [4.78, 5) is 30.8. The Kier molecular flexibility index (Phi) is 4.77. The maximum Gasteiger partial charge on any atom is 0.284 e. The molecule has 0 saturated carbocycles. The van der Waals surface area contributed by atoms with Gasteiger partial charge < -0.3 is 4.98 Å². The van der Waals surface area contributed by atoms with E-state index in [1.54, 1.807) is 12.1 Å². The van der Waals surface area contributed by atoms with Gasteiger partial charge >= 0.3 is 0 Å². The summed E-state index contributed by atoms with van der Waals surface area (Å²) in [6.45, 7) is 0. The molecule has 0 aliphatic rings. The molecular formula is C16H9ClFN5O2S2. The minimum atomic E-state index is -0.990. The van der Waals surface area contributed by atoms with E-state index in [2.05, 4.69) is 19.6 Å². The summed E-state index contributed by atoms with van der Waals surface area (Å²) in [6.07, 6.45) is 1.27. The summed E-state index contributed by atoms with van der Waals surface area (Å²) in [5.41, 5.74) is 0.0633. The molecule has 0 bridgehead atoms. The van der Waals surface area contributed by atoms with Crippen LogP contribution in [0.5, 0.6) is 0 Å². The number of nitrogens with one attached hydrogen (secondary N) is 1. The zero-order chi connectivity index (χ0) is 19.0. The normalized spacial score (nSPS) is 11.2. The van der Waals surface area contributed by atoms with Crippen molar-refractivity contribution in [1.82, 2.24) is 24.1 Å². The Morgan fingerprint density at radius 2 is 2.04 bits per heavy atom. The summed E-state index contributed by atoms with van der Waals surface area (Å²) < 4.78 is 19.0. The number of aromatic nitrogens is 5. The third-order valence-electron chi connectivity index (χ3n) is 3.64. The van der Waals surface area contributed by atoms with Gasteiger partial charge in [0, 0.05) is 23.0 Å². The molecule has 0 radical (unpaired) electrons. The Morgan fingerprint density at radius 3 is 2.78 bits per heavy atom. The van der Waals surface area contributed by atoms with Gasteiger partial charge in [0.1, 0.15) is 0 Å². The van der Waals surface area contributed by atoms with Gasteiger partial charge in [-0.05, 0) is 29.2 Å². The van der Waals surface area contributed by atoms with Gasteiger partial charge in [-0.1, -0.05) is 40.0 Å². The van der Waals surface area contributed by atoms with Crippen LogP contribution in [0, 0.1) is 5.82 Å². The van der Waals surface area contributed by atoms with E-state index in [1.165, 1.54) is 22.5 Å². The lowest BCUT2D eigenvalue weighted by atomic mass is 10.2. The predicted octanol–water partition coefficient (Wildman–Crippen LogP) is 3.01. The van der Waals surface area contributed by atoms with Gasteiger partial charge in [0.25, 0.3) is 11.1 Å². The molecule has 11 heteroatoms. The molecule has 0 amide bonds. The summed E-state index contributed by atoms with van der Waals surface area (Å²) in [5.74, 6) is -0.492. The summed E-state index contributed by atoms with van der Waals surface area (Å²) >= 11 is 8.07. The van der Waals surface area contributed by atoms with Crippen LogP contribution in [0.1, 0.15) is 5.56 Å². The first kappa shape index (κ1) is 17.8. The Morgan fingerprint density at radius 1 is 1.26 bits per heavy atom. The first-order valence-corrected chi connectivity index (χ1v) is 9.67. The lowest BCUT2D eigenvalue weighted by Crippen LogP contribution is -2.23. The van der Waals surface area contributed by atoms with E-state index in [0.29, 0.717) is 15.9 Å². The van der Waals surface area contributed by atoms with Crippen molar-refractivity contribution in [2.45, 2.75) is 10.9 Å². The van der Waals surface area contributed by atoms with Crippen molar-refractivity contribution >= 4 is 45.2 Å². The SMILES string of the molecule is O=c1[nH]cc(-n2c(SCc3ccc(Cl)cc3)nc3nnsc3c2=O)cc1F. The molecule has 0 unspecified atom stereocenters. The third-order valence-corrected chi connectivity index (χ3v) is 5.61. The van der Waals surface area contributed by atoms with Gasteiger partial charge in [0.2, 0.25) is 5.65 Å². The van der Waals surface area contributed by atoms with Crippen molar-refractivity contribution in [3.63, 3.8) is 0 Å². The fourth-order valence-electron chi connectivity index (χ4n) is 2.35. The largest absolute Gasteiger partial charge is 0.324 e. The highest BCUT2D eigenvalue weighted by atomic mass is 35.5. The van der Waals surface area contributed by atoms with Crippen molar-refractivity contribution < 1.29 is 4.39 Å². The van der Waals surface area contributed by atoms with Gasteiger partial charge in [0.15, 0.2) is 15.7 Å². The number of aromatic amines is 1. The van der Waals surface area contributed by atoms with Crippen molar-refractivity contribution in [1.29, 1.82) is 0 Å². The molecule has 1 aromatic carbocycles. The van der Waals surface area contributed by atoms with E-state index < -0.39 is 16.9 Å². The second-order valence-corrected chi connectivity index (χ2v) is 7.54. The fourth-order valence-corrected chi connectivity index (χ4v) is 3.97. The monoisotopic (exact) mass is 421 g/mol. The number of H-pyrrole nitrogens is 1. The first-order valence-electron chi connectivity index (χ1n) is 7.54. The molecule has 0 aliphatic carbocycles. The molecule has 7 nitrogen and oxygen atoms in total. The van der Waals surface area contributed by atoms with E-state index in [0.717, 1.165) is 23.2 Å². The number of halogens is 2. The van der Waals surface area contributed by atoms with Gasteiger partial charge in [-0.25, -0.2) is 9.37 Å². The molecule has 4 aromatic rings. The number of nitrogens with zero attached hydrogens (tertiary/aromatic N) is 4. The summed E-state index contributed by atoms with van der Waals surface area (Å²) in [6, 6.07) is 8.25. The first-order chi connectivity index (χ1) is 13.0. The van der Waals surface area contributed by atoms with E-state index in [1.807, 2.05) is 12.1 Å². The van der Waals surface area contributed by atoms with Gasteiger partial charge in [0.05, 0.1) is 5.69 Å². The lowest BCUT2D eigenvalue weighted by Gasteiger charge is -2.11. The topological polar surface area (TPSA) is 93.5 Å². The molecule has 0 saturated heterocycles. The average Bonchev–Trinajstić information content (AvgIpc) is 3.13. The summed E-state index contributed by atoms with van der Waals surface area (Å²) in [5, 5.41) is 4.78. The Balaban J connectivity index is 1.82. The van der Waals surface area contributed by atoms with E-state index in [9.17, 15) is 14.0 Å². The Hall–Kier alpha value is -2.56. The molecule has 136 valence electrons. The lowest BCUT2D eigenvalue weighted by molar-refractivity contribution is 0.605. The Labute approximate surface area is 164 Å². The van der Waals surface area contributed by atoms with Crippen LogP contribution >= 0.6 is 34.9 Å². The fraction of sp³-hybridized carbons (Fsp3) is 0.0625. The second kappa shape index (κ2) is 7.22. The van der Waals surface area contributed by atoms with E-state index in [-0.39, 0.29) is 16.0 Å². The standard InChI is InChI=1S/C16H9ClFN5O2S2/c17-9-3-1-8(2-4-9)7-26-16-20-13-12(27-22-21-13)15(25)23(16)10-5-11(18)14(24)19-6-10/h1-6H,7H2,(H,19,24). The highest BCUT2D eigenvalue weighted by Gasteiger charge is 2.17.